The highest BCUT2D eigenvalue weighted by Gasteiger charge is 2.27. The van der Waals surface area contributed by atoms with E-state index in [-0.39, 0.29) is 6.10 Å². The van der Waals surface area contributed by atoms with E-state index >= 15 is 0 Å². The summed E-state index contributed by atoms with van der Waals surface area (Å²) in [6.07, 6.45) is 9.47. The number of hydrogen-bond donors (Lipinski definition) is 2. The van der Waals surface area contributed by atoms with Gasteiger partial charge in [-0.15, -0.1) is 0 Å². The van der Waals surface area contributed by atoms with Crippen LogP contribution in [0.4, 0.5) is 0 Å². The Hall–Kier alpha value is -0.340. The molecule has 0 aromatic carbocycles. The van der Waals surface area contributed by atoms with Gasteiger partial charge in [-0.2, -0.15) is 0 Å². The third-order valence-electron chi connectivity index (χ3n) is 3.32. The molecule has 1 heterocycles. The Morgan fingerprint density at radius 2 is 2.23 bits per heavy atom. The van der Waals surface area contributed by atoms with Crippen molar-refractivity contribution in [2.24, 2.45) is 11.8 Å². The standard InChI is InChI=1S/C11H19NO/c13-11-8-12-7-10(11)6-9-4-2-1-3-5-9/h1-2,9-13H,3-8H2. The summed E-state index contributed by atoms with van der Waals surface area (Å²) in [6.45, 7) is 1.81. The SMILES string of the molecule is OC1CNCC1CC1CC=CCC1. The van der Waals surface area contributed by atoms with Crippen molar-refractivity contribution in [3.8, 4) is 0 Å². The van der Waals surface area contributed by atoms with Crippen LogP contribution in [0.2, 0.25) is 0 Å². The van der Waals surface area contributed by atoms with Crippen molar-refractivity contribution in [2.75, 3.05) is 13.1 Å². The Balaban J connectivity index is 1.79. The minimum absolute atomic E-state index is 0.0918. The molecule has 2 rings (SSSR count). The Labute approximate surface area is 80.0 Å². The molecule has 1 aliphatic heterocycles. The smallest absolute Gasteiger partial charge is 0.0704 e. The Morgan fingerprint density at radius 1 is 1.31 bits per heavy atom. The predicted octanol–water partition coefficient (Wildman–Crippen LogP) is 1.31. The van der Waals surface area contributed by atoms with Crippen molar-refractivity contribution in [1.29, 1.82) is 0 Å². The summed E-state index contributed by atoms with van der Waals surface area (Å²) < 4.78 is 0. The van der Waals surface area contributed by atoms with Crippen LogP contribution in [0.15, 0.2) is 12.2 Å². The van der Waals surface area contributed by atoms with Crippen LogP contribution in [0.5, 0.6) is 0 Å². The second-order valence-corrected chi connectivity index (χ2v) is 4.37. The number of rotatable bonds is 2. The molecular formula is C11H19NO. The lowest BCUT2D eigenvalue weighted by molar-refractivity contribution is 0.130. The van der Waals surface area contributed by atoms with Gasteiger partial charge in [0.1, 0.15) is 0 Å². The molecule has 1 aliphatic carbocycles. The number of allylic oxidation sites excluding steroid dienone is 2. The van der Waals surface area contributed by atoms with Crippen LogP contribution in [0, 0.1) is 11.8 Å². The molecule has 0 amide bonds. The van der Waals surface area contributed by atoms with Gasteiger partial charge in [0, 0.05) is 13.1 Å². The van der Waals surface area contributed by atoms with Gasteiger partial charge in [-0.25, -0.2) is 0 Å². The summed E-state index contributed by atoms with van der Waals surface area (Å²) in [5.41, 5.74) is 0. The Morgan fingerprint density at radius 3 is 2.85 bits per heavy atom. The molecule has 2 nitrogen and oxygen atoms in total. The van der Waals surface area contributed by atoms with E-state index in [1.807, 2.05) is 0 Å². The molecule has 1 fully saturated rings. The molecule has 0 aromatic rings. The number of β-amino-alcohol motifs (C(OH)–C–C–N with tert-alkyl or cyclic N) is 1. The second kappa shape index (κ2) is 4.25. The first-order valence-corrected chi connectivity index (χ1v) is 5.40. The first-order valence-electron chi connectivity index (χ1n) is 5.40. The molecule has 3 unspecified atom stereocenters. The molecular weight excluding hydrogens is 162 g/mol. The lowest BCUT2D eigenvalue weighted by Gasteiger charge is -2.22. The van der Waals surface area contributed by atoms with Crippen LogP contribution in [0.1, 0.15) is 25.7 Å². The molecule has 3 atom stereocenters. The molecule has 2 N–H and O–H groups in total. The second-order valence-electron chi connectivity index (χ2n) is 4.37. The van der Waals surface area contributed by atoms with E-state index in [0.717, 1.165) is 19.0 Å². The average Bonchev–Trinajstić information content (AvgIpc) is 2.54. The lowest BCUT2D eigenvalue weighted by Crippen LogP contribution is -2.21. The molecule has 2 aliphatic rings. The summed E-state index contributed by atoms with van der Waals surface area (Å²) in [7, 11) is 0. The predicted molar refractivity (Wildman–Crippen MR) is 53.5 cm³/mol. The molecule has 0 aromatic heterocycles. The van der Waals surface area contributed by atoms with Gasteiger partial charge < -0.3 is 10.4 Å². The molecule has 13 heavy (non-hydrogen) atoms. The minimum atomic E-state index is -0.0918. The van der Waals surface area contributed by atoms with Gasteiger partial charge in [0.05, 0.1) is 6.10 Å². The molecule has 0 bridgehead atoms. The van der Waals surface area contributed by atoms with E-state index in [1.54, 1.807) is 0 Å². The maximum Gasteiger partial charge on any atom is 0.0704 e. The van der Waals surface area contributed by atoms with Gasteiger partial charge in [0.2, 0.25) is 0 Å². The summed E-state index contributed by atoms with van der Waals surface area (Å²) >= 11 is 0. The highest BCUT2D eigenvalue weighted by molar-refractivity contribution is 4.92. The van der Waals surface area contributed by atoms with E-state index in [2.05, 4.69) is 17.5 Å². The largest absolute Gasteiger partial charge is 0.391 e. The first kappa shape index (κ1) is 9.22. The van der Waals surface area contributed by atoms with E-state index in [1.165, 1.54) is 25.7 Å². The van der Waals surface area contributed by atoms with Crippen LogP contribution in [0.3, 0.4) is 0 Å². The minimum Gasteiger partial charge on any atom is -0.391 e. The van der Waals surface area contributed by atoms with Crippen molar-refractivity contribution in [3.63, 3.8) is 0 Å². The van der Waals surface area contributed by atoms with Crippen LogP contribution >= 0.6 is 0 Å². The fraction of sp³-hybridized carbons (Fsp3) is 0.818. The number of aliphatic hydroxyl groups is 1. The van der Waals surface area contributed by atoms with E-state index in [0.29, 0.717) is 5.92 Å². The fourth-order valence-corrected chi connectivity index (χ4v) is 2.46. The van der Waals surface area contributed by atoms with Crippen molar-refractivity contribution >= 4 is 0 Å². The van der Waals surface area contributed by atoms with Crippen molar-refractivity contribution in [1.82, 2.24) is 5.32 Å². The van der Waals surface area contributed by atoms with Gasteiger partial charge >= 0.3 is 0 Å². The summed E-state index contributed by atoms with van der Waals surface area (Å²) in [5, 5.41) is 12.9. The van der Waals surface area contributed by atoms with Crippen LogP contribution in [0.25, 0.3) is 0 Å². The van der Waals surface area contributed by atoms with Crippen LogP contribution < -0.4 is 5.32 Å². The van der Waals surface area contributed by atoms with Gasteiger partial charge in [-0.1, -0.05) is 12.2 Å². The third-order valence-corrected chi connectivity index (χ3v) is 3.32. The maximum absolute atomic E-state index is 9.64. The van der Waals surface area contributed by atoms with E-state index < -0.39 is 0 Å². The lowest BCUT2D eigenvalue weighted by atomic mass is 9.85. The zero-order chi connectivity index (χ0) is 9.10. The van der Waals surface area contributed by atoms with Crippen LogP contribution in [-0.2, 0) is 0 Å². The Kier molecular flexibility index (Phi) is 3.01. The molecule has 1 saturated heterocycles. The highest BCUT2D eigenvalue weighted by atomic mass is 16.3. The quantitative estimate of drug-likeness (QED) is 0.630. The summed E-state index contributed by atoms with van der Waals surface area (Å²) in [5.74, 6) is 1.33. The molecule has 0 spiro atoms. The zero-order valence-electron chi connectivity index (χ0n) is 8.08. The Bertz CT molecular complexity index is 191. The number of hydrogen-bond acceptors (Lipinski definition) is 2. The van der Waals surface area contributed by atoms with Crippen LogP contribution in [-0.4, -0.2) is 24.3 Å². The fourth-order valence-electron chi connectivity index (χ4n) is 2.46. The first-order chi connectivity index (χ1) is 6.36. The maximum atomic E-state index is 9.64. The third kappa shape index (κ3) is 2.32. The van der Waals surface area contributed by atoms with Gasteiger partial charge in [0.25, 0.3) is 0 Å². The normalized spacial score (nSPS) is 39.6. The highest BCUT2D eigenvalue weighted by Crippen LogP contribution is 2.27. The topological polar surface area (TPSA) is 32.3 Å². The van der Waals surface area contributed by atoms with E-state index in [4.69, 9.17) is 0 Å². The van der Waals surface area contributed by atoms with Gasteiger partial charge in [-0.3, -0.25) is 0 Å². The molecule has 2 heteroatoms. The van der Waals surface area contributed by atoms with Gasteiger partial charge in [-0.05, 0) is 37.5 Å². The van der Waals surface area contributed by atoms with Crippen molar-refractivity contribution in [2.45, 2.75) is 31.8 Å². The monoisotopic (exact) mass is 181 g/mol. The van der Waals surface area contributed by atoms with Crippen molar-refractivity contribution in [3.05, 3.63) is 12.2 Å². The number of aliphatic hydroxyl groups excluding tert-OH is 1. The van der Waals surface area contributed by atoms with E-state index in [9.17, 15) is 5.11 Å². The van der Waals surface area contributed by atoms with Gasteiger partial charge in [0.15, 0.2) is 0 Å². The number of nitrogens with one attached hydrogen (secondary N) is 1. The van der Waals surface area contributed by atoms with Crippen molar-refractivity contribution < 1.29 is 5.11 Å². The zero-order valence-corrected chi connectivity index (χ0v) is 8.08. The molecule has 74 valence electrons. The average molecular weight is 181 g/mol. The molecule has 0 radical (unpaired) electrons. The molecule has 0 saturated carbocycles. The summed E-state index contributed by atoms with van der Waals surface area (Å²) in [6, 6.07) is 0. The summed E-state index contributed by atoms with van der Waals surface area (Å²) in [4.78, 5) is 0.